The molecule has 4 nitrogen and oxygen atoms in total. The molecule has 2 aromatic rings. The Kier molecular flexibility index (Phi) is 1.46. The number of fused-ring (bicyclic) bond motifs is 1. The Labute approximate surface area is 68.7 Å². The van der Waals surface area contributed by atoms with Crippen molar-refractivity contribution >= 4 is 11.2 Å². The van der Waals surface area contributed by atoms with E-state index in [0.29, 0.717) is 5.65 Å². The number of rotatable bonds is 1. The second-order valence-corrected chi connectivity index (χ2v) is 2.67. The molecule has 0 aromatic carbocycles. The topological polar surface area (TPSA) is 61.5 Å². The molecule has 2 heterocycles. The molecule has 2 aromatic heterocycles. The summed E-state index contributed by atoms with van der Waals surface area (Å²) in [6, 6.07) is 1.93. The zero-order chi connectivity index (χ0) is 8.55. The van der Waals surface area contributed by atoms with Crippen molar-refractivity contribution in [2.24, 2.45) is 0 Å². The minimum absolute atomic E-state index is 0.203. The molecule has 0 saturated heterocycles. The Morgan fingerprint density at radius 3 is 3.08 bits per heavy atom. The van der Waals surface area contributed by atoms with Gasteiger partial charge in [-0.3, -0.25) is 4.98 Å². The molecule has 0 aliphatic rings. The van der Waals surface area contributed by atoms with Crippen molar-refractivity contribution in [3.05, 3.63) is 28.3 Å². The highest BCUT2D eigenvalue weighted by molar-refractivity contribution is 5.69. The molecular formula is C8H9N3O. The monoisotopic (exact) mass is 163 g/mol. The summed E-state index contributed by atoms with van der Waals surface area (Å²) < 4.78 is 0. The smallest absolute Gasteiger partial charge is 0.304 e. The standard InChI is InChI=1S/C8H9N3O/c1-2-5-3-6-7(9-4-5)11-8(12)10-6/h3-4H,2H2,1H3,(H2,9,10,11,12). The summed E-state index contributed by atoms with van der Waals surface area (Å²) in [5, 5.41) is 0. The number of hydrogen-bond donors (Lipinski definition) is 2. The molecule has 0 bridgehead atoms. The molecule has 0 aliphatic heterocycles. The summed E-state index contributed by atoms with van der Waals surface area (Å²) in [6.07, 6.45) is 2.70. The number of nitrogens with one attached hydrogen (secondary N) is 2. The van der Waals surface area contributed by atoms with Crippen LogP contribution >= 0.6 is 0 Å². The summed E-state index contributed by atoms with van der Waals surface area (Å²) in [5.41, 5.74) is 2.32. The van der Waals surface area contributed by atoms with Gasteiger partial charge >= 0.3 is 5.69 Å². The predicted molar refractivity (Wildman–Crippen MR) is 46.1 cm³/mol. The summed E-state index contributed by atoms with van der Waals surface area (Å²) in [5.74, 6) is 0. The van der Waals surface area contributed by atoms with Gasteiger partial charge in [-0.05, 0) is 18.1 Å². The van der Waals surface area contributed by atoms with E-state index in [1.165, 1.54) is 0 Å². The minimum Gasteiger partial charge on any atom is -0.304 e. The molecule has 0 saturated carbocycles. The highest BCUT2D eigenvalue weighted by Crippen LogP contribution is 2.06. The van der Waals surface area contributed by atoms with Crippen LogP contribution in [-0.4, -0.2) is 15.0 Å². The number of nitrogens with zero attached hydrogens (tertiary/aromatic N) is 1. The number of aromatic amines is 2. The van der Waals surface area contributed by atoms with Crippen molar-refractivity contribution in [2.45, 2.75) is 13.3 Å². The molecule has 0 spiro atoms. The first-order valence-electron chi connectivity index (χ1n) is 3.86. The van der Waals surface area contributed by atoms with E-state index in [0.717, 1.165) is 17.5 Å². The molecule has 2 N–H and O–H groups in total. The fourth-order valence-electron chi connectivity index (χ4n) is 1.16. The second-order valence-electron chi connectivity index (χ2n) is 2.67. The van der Waals surface area contributed by atoms with Crippen molar-refractivity contribution in [2.75, 3.05) is 0 Å². The molecule has 4 heteroatoms. The normalized spacial score (nSPS) is 10.8. The average molecular weight is 163 g/mol. The third-order valence-corrected chi connectivity index (χ3v) is 1.83. The van der Waals surface area contributed by atoms with Gasteiger partial charge < -0.3 is 4.98 Å². The minimum atomic E-state index is -0.203. The van der Waals surface area contributed by atoms with Crippen molar-refractivity contribution < 1.29 is 0 Å². The molecule has 0 aliphatic carbocycles. The van der Waals surface area contributed by atoms with Crippen molar-refractivity contribution in [3.8, 4) is 0 Å². The van der Waals surface area contributed by atoms with Crippen molar-refractivity contribution in [1.29, 1.82) is 0 Å². The molecule has 0 amide bonds. The quantitative estimate of drug-likeness (QED) is 0.653. The van der Waals surface area contributed by atoms with Crippen LogP contribution in [0.5, 0.6) is 0 Å². The fraction of sp³-hybridized carbons (Fsp3) is 0.250. The van der Waals surface area contributed by atoms with Crippen molar-refractivity contribution in [3.63, 3.8) is 0 Å². The molecule has 0 atom stereocenters. The molecule has 12 heavy (non-hydrogen) atoms. The summed E-state index contributed by atoms with van der Waals surface area (Å²) >= 11 is 0. The number of aromatic nitrogens is 3. The average Bonchev–Trinajstić information content (AvgIpc) is 2.43. The van der Waals surface area contributed by atoms with Crippen LogP contribution < -0.4 is 5.69 Å². The maximum absolute atomic E-state index is 10.8. The van der Waals surface area contributed by atoms with Gasteiger partial charge in [0.25, 0.3) is 0 Å². The Morgan fingerprint density at radius 2 is 2.33 bits per heavy atom. The molecule has 0 unspecified atom stereocenters. The summed E-state index contributed by atoms with van der Waals surface area (Å²) in [7, 11) is 0. The van der Waals surface area contributed by atoms with Crippen LogP contribution in [0.4, 0.5) is 0 Å². The highest BCUT2D eigenvalue weighted by atomic mass is 16.1. The van der Waals surface area contributed by atoms with Gasteiger partial charge in [0, 0.05) is 6.20 Å². The molecule has 2 rings (SSSR count). The third-order valence-electron chi connectivity index (χ3n) is 1.83. The van der Waals surface area contributed by atoms with Crippen LogP contribution in [0.2, 0.25) is 0 Å². The Hall–Kier alpha value is -1.58. The molecule has 62 valence electrons. The third kappa shape index (κ3) is 1.01. The van der Waals surface area contributed by atoms with Gasteiger partial charge in [-0.2, -0.15) is 0 Å². The molecule has 0 radical (unpaired) electrons. The van der Waals surface area contributed by atoms with E-state index in [1.807, 2.05) is 13.0 Å². The van der Waals surface area contributed by atoms with E-state index in [1.54, 1.807) is 6.20 Å². The Morgan fingerprint density at radius 1 is 1.50 bits per heavy atom. The lowest BCUT2D eigenvalue weighted by molar-refractivity contribution is 1.11. The van der Waals surface area contributed by atoms with Crippen LogP contribution in [0.1, 0.15) is 12.5 Å². The summed E-state index contributed by atoms with van der Waals surface area (Å²) in [4.78, 5) is 20.2. The number of imidazole rings is 1. The van der Waals surface area contributed by atoms with Crippen molar-refractivity contribution in [1.82, 2.24) is 15.0 Å². The Balaban J connectivity index is 2.74. The maximum Gasteiger partial charge on any atom is 0.325 e. The van der Waals surface area contributed by atoms with Gasteiger partial charge in [0.2, 0.25) is 0 Å². The van der Waals surface area contributed by atoms with Crippen LogP contribution in [-0.2, 0) is 6.42 Å². The largest absolute Gasteiger partial charge is 0.325 e. The van der Waals surface area contributed by atoms with E-state index in [9.17, 15) is 4.79 Å². The molecule has 0 fully saturated rings. The Bertz CT molecular complexity index is 455. The van der Waals surface area contributed by atoms with E-state index in [-0.39, 0.29) is 5.69 Å². The van der Waals surface area contributed by atoms with E-state index in [4.69, 9.17) is 0 Å². The lowest BCUT2D eigenvalue weighted by Gasteiger charge is -1.93. The zero-order valence-electron chi connectivity index (χ0n) is 6.72. The van der Waals surface area contributed by atoms with Gasteiger partial charge in [-0.1, -0.05) is 6.92 Å². The zero-order valence-corrected chi connectivity index (χ0v) is 6.72. The number of aryl methyl sites for hydroxylation is 1. The van der Waals surface area contributed by atoms with Crippen LogP contribution in [0.3, 0.4) is 0 Å². The number of hydrogen-bond acceptors (Lipinski definition) is 2. The van der Waals surface area contributed by atoms with E-state index in [2.05, 4.69) is 15.0 Å². The first-order valence-corrected chi connectivity index (χ1v) is 3.86. The van der Waals surface area contributed by atoms with Gasteiger partial charge in [-0.15, -0.1) is 0 Å². The maximum atomic E-state index is 10.8. The van der Waals surface area contributed by atoms with E-state index >= 15 is 0 Å². The lowest BCUT2D eigenvalue weighted by atomic mass is 10.2. The predicted octanol–water partition coefficient (Wildman–Crippen LogP) is 0.814. The number of pyridine rings is 1. The first kappa shape index (κ1) is 7.09. The first-order chi connectivity index (χ1) is 5.79. The van der Waals surface area contributed by atoms with Crippen LogP contribution in [0.15, 0.2) is 17.1 Å². The van der Waals surface area contributed by atoms with Gasteiger partial charge in [0.15, 0.2) is 5.65 Å². The number of H-pyrrole nitrogens is 2. The van der Waals surface area contributed by atoms with Gasteiger partial charge in [0.1, 0.15) is 0 Å². The van der Waals surface area contributed by atoms with Gasteiger partial charge in [0.05, 0.1) is 5.52 Å². The van der Waals surface area contributed by atoms with E-state index < -0.39 is 0 Å². The van der Waals surface area contributed by atoms with Crippen LogP contribution in [0, 0.1) is 0 Å². The second kappa shape index (κ2) is 2.48. The fourth-order valence-corrected chi connectivity index (χ4v) is 1.16. The van der Waals surface area contributed by atoms with Crippen LogP contribution in [0.25, 0.3) is 11.2 Å². The lowest BCUT2D eigenvalue weighted by Crippen LogP contribution is -1.99. The summed E-state index contributed by atoms with van der Waals surface area (Å²) in [6.45, 7) is 2.05. The van der Waals surface area contributed by atoms with Gasteiger partial charge in [-0.25, -0.2) is 9.78 Å². The highest BCUT2D eigenvalue weighted by Gasteiger charge is 1.98. The SMILES string of the molecule is CCc1cnc2[nH]c(=O)[nH]c2c1. The molecular weight excluding hydrogens is 154 g/mol.